The van der Waals surface area contributed by atoms with Crippen LogP contribution >= 0.6 is 0 Å². The van der Waals surface area contributed by atoms with Crippen LogP contribution in [0.4, 0.5) is 0 Å². The Hall–Kier alpha value is -3.61. The summed E-state index contributed by atoms with van der Waals surface area (Å²) in [6.45, 7) is 2.70. The summed E-state index contributed by atoms with van der Waals surface area (Å²) in [6.07, 6.45) is 84.2. The maximum Gasteiger partial charge on any atom is 0.220 e. The third-order valence-electron chi connectivity index (χ3n) is 19.1. The molecule has 2 fully saturated rings. The quantitative estimate of drug-likeness (QED) is 0.0204. The van der Waals surface area contributed by atoms with Crippen LogP contribution < -0.4 is 5.32 Å². The van der Waals surface area contributed by atoms with Gasteiger partial charge in [-0.15, -0.1) is 0 Å². The number of ether oxygens (including phenoxy) is 4. The number of carbonyl (C=O) groups excluding carboxylic acids is 1. The molecule has 2 aliphatic rings. The lowest BCUT2D eigenvalue weighted by Crippen LogP contribution is -2.65. The first-order chi connectivity index (χ1) is 49.1. The number of allylic oxidation sites excluding steroid dienone is 19. The standard InChI is InChI=1S/C86H149NO13/c1-3-5-7-9-11-13-15-17-19-21-23-25-27-29-31-33-35-36-37-38-40-42-44-46-48-50-52-54-56-58-60-62-64-66-68-70-78(91)87-74(73-97-85-83(96)81(94)84(77(72-89)99-85)100-86-82(95)80(93)79(92)76(71-88)98-86)75(90)69-67-65-63-61-59-57-55-53-51-49-47-45-43-41-39-34-32-30-28-26-24-22-20-18-16-14-12-10-8-6-4-2/h5,7,11,13,17,19,23,25,29,31,35-36,38,40,44,46,59,61,67,69,74-77,79-86,88-90,92-96H,3-4,6,8-10,12,14-16,18,20-22,24,26-28,30,32-34,37,39,41-43,45,47-58,60,62-66,68,70-73H2,1-2H3,(H,87,91)/b7-5-,13-11-,19-17-,25-23-,31-29-,36-35-,40-38-,46-44-,61-59+,69-67+. The number of hydrogen-bond acceptors (Lipinski definition) is 13. The number of nitrogens with one attached hydrogen (secondary N) is 1. The Balaban J connectivity index is 1.64. The Morgan fingerprint density at radius 3 is 1.10 bits per heavy atom. The lowest BCUT2D eigenvalue weighted by atomic mass is 9.97. The van der Waals surface area contributed by atoms with Gasteiger partial charge in [-0.25, -0.2) is 0 Å². The molecule has 9 N–H and O–H groups in total. The molecule has 14 heteroatoms. The van der Waals surface area contributed by atoms with Crippen molar-refractivity contribution in [1.29, 1.82) is 0 Å². The average molecular weight is 1410 g/mol. The second-order valence-electron chi connectivity index (χ2n) is 28.2. The van der Waals surface area contributed by atoms with Crippen LogP contribution in [0.3, 0.4) is 0 Å². The fraction of sp³-hybridized carbons (Fsp3) is 0.756. The third-order valence-corrected chi connectivity index (χ3v) is 19.1. The van der Waals surface area contributed by atoms with Gasteiger partial charge in [-0.2, -0.15) is 0 Å². The molecule has 0 saturated carbocycles. The van der Waals surface area contributed by atoms with E-state index in [1.54, 1.807) is 6.08 Å². The molecule has 0 aromatic carbocycles. The van der Waals surface area contributed by atoms with Crippen molar-refractivity contribution < 1.29 is 64.6 Å². The zero-order valence-electron chi connectivity index (χ0n) is 63.2. The molecule has 0 bridgehead atoms. The molecule has 2 heterocycles. The van der Waals surface area contributed by atoms with Gasteiger partial charge in [0.15, 0.2) is 12.6 Å². The smallest absolute Gasteiger partial charge is 0.220 e. The fourth-order valence-electron chi connectivity index (χ4n) is 12.7. The third kappa shape index (κ3) is 50.7. The zero-order valence-corrected chi connectivity index (χ0v) is 63.2. The number of aliphatic hydroxyl groups excluding tert-OH is 8. The van der Waals surface area contributed by atoms with Crippen molar-refractivity contribution in [2.75, 3.05) is 19.8 Å². The minimum absolute atomic E-state index is 0.255. The lowest BCUT2D eigenvalue weighted by molar-refractivity contribution is -0.359. The first-order valence-corrected chi connectivity index (χ1v) is 40.8. The number of hydrogen-bond donors (Lipinski definition) is 9. The van der Waals surface area contributed by atoms with Crippen LogP contribution in [-0.4, -0.2) is 140 Å². The molecule has 1 amide bonds. The summed E-state index contributed by atoms with van der Waals surface area (Å²) in [7, 11) is 0. The van der Waals surface area contributed by atoms with Crippen LogP contribution in [-0.2, 0) is 23.7 Å². The van der Waals surface area contributed by atoms with E-state index in [4.69, 9.17) is 18.9 Å². The van der Waals surface area contributed by atoms with Crippen molar-refractivity contribution in [3.8, 4) is 0 Å². The van der Waals surface area contributed by atoms with E-state index in [0.29, 0.717) is 12.8 Å². The first-order valence-electron chi connectivity index (χ1n) is 40.8. The molecule has 0 aliphatic carbocycles. The molecule has 14 nitrogen and oxygen atoms in total. The number of unbranched alkanes of at least 4 members (excludes halogenated alkanes) is 36. The normalized spacial score (nSPS) is 22.5. The van der Waals surface area contributed by atoms with Gasteiger partial charge in [-0.3, -0.25) is 4.79 Å². The molecule has 0 radical (unpaired) electrons. The maximum absolute atomic E-state index is 13.4. The Labute approximate surface area is 609 Å². The molecule has 100 heavy (non-hydrogen) atoms. The number of aliphatic hydroxyl groups is 8. The van der Waals surface area contributed by atoms with Crippen LogP contribution in [0.2, 0.25) is 0 Å². The summed E-state index contributed by atoms with van der Waals surface area (Å²) in [5.41, 5.74) is 0. The number of carbonyl (C=O) groups is 1. The van der Waals surface area contributed by atoms with Gasteiger partial charge in [0.25, 0.3) is 0 Å². The van der Waals surface area contributed by atoms with Crippen molar-refractivity contribution in [3.05, 3.63) is 122 Å². The molecule has 0 aromatic rings. The second-order valence-corrected chi connectivity index (χ2v) is 28.2. The first kappa shape index (κ1) is 92.5. The van der Waals surface area contributed by atoms with Crippen LogP contribution in [0.5, 0.6) is 0 Å². The van der Waals surface area contributed by atoms with E-state index in [1.807, 2.05) is 6.08 Å². The average Bonchev–Trinajstić information content (AvgIpc) is 0.790. The summed E-state index contributed by atoms with van der Waals surface area (Å²) in [6, 6.07) is -0.945. The van der Waals surface area contributed by atoms with Crippen LogP contribution in [0.15, 0.2) is 122 Å². The molecule has 576 valence electrons. The van der Waals surface area contributed by atoms with E-state index < -0.39 is 86.8 Å². The molecule has 2 aliphatic heterocycles. The molecule has 2 rings (SSSR count). The van der Waals surface area contributed by atoms with Crippen LogP contribution in [0.1, 0.15) is 322 Å². The minimum Gasteiger partial charge on any atom is -0.394 e. The molecular weight excluding hydrogens is 1250 g/mol. The molecule has 0 aromatic heterocycles. The topological polar surface area (TPSA) is 228 Å². The molecular formula is C86H149NO13. The van der Waals surface area contributed by atoms with Gasteiger partial charge in [0.2, 0.25) is 5.91 Å². The van der Waals surface area contributed by atoms with Gasteiger partial charge in [0.05, 0.1) is 32.0 Å². The van der Waals surface area contributed by atoms with Gasteiger partial charge in [-0.1, -0.05) is 341 Å². The highest BCUT2D eigenvalue weighted by molar-refractivity contribution is 5.76. The van der Waals surface area contributed by atoms with E-state index >= 15 is 0 Å². The molecule has 12 unspecified atom stereocenters. The monoisotopic (exact) mass is 1400 g/mol. The Morgan fingerprint density at radius 2 is 0.700 bits per heavy atom. The molecule has 12 atom stereocenters. The predicted molar refractivity (Wildman–Crippen MR) is 415 cm³/mol. The summed E-state index contributed by atoms with van der Waals surface area (Å²) in [5.74, 6) is -0.255. The van der Waals surface area contributed by atoms with E-state index in [-0.39, 0.29) is 18.9 Å². The summed E-state index contributed by atoms with van der Waals surface area (Å²) < 4.78 is 22.9. The second kappa shape index (κ2) is 68.5. The maximum atomic E-state index is 13.4. The fourth-order valence-corrected chi connectivity index (χ4v) is 12.7. The van der Waals surface area contributed by atoms with Crippen molar-refractivity contribution in [1.82, 2.24) is 5.32 Å². The van der Waals surface area contributed by atoms with Crippen molar-refractivity contribution >= 4 is 5.91 Å². The van der Waals surface area contributed by atoms with Gasteiger partial charge in [0, 0.05) is 6.42 Å². The highest BCUT2D eigenvalue weighted by atomic mass is 16.7. The highest BCUT2D eigenvalue weighted by Crippen LogP contribution is 2.30. The van der Waals surface area contributed by atoms with Crippen LogP contribution in [0, 0.1) is 0 Å². The zero-order chi connectivity index (χ0) is 72.2. The predicted octanol–water partition coefficient (Wildman–Crippen LogP) is 18.8. The van der Waals surface area contributed by atoms with Gasteiger partial charge in [-0.05, 0) is 96.3 Å². The number of rotatable bonds is 67. The Kier molecular flexibility index (Phi) is 63.3. The van der Waals surface area contributed by atoms with Crippen molar-refractivity contribution in [3.63, 3.8) is 0 Å². The summed E-state index contributed by atoms with van der Waals surface area (Å²) >= 11 is 0. The van der Waals surface area contributed by atoms with Gasteiger partial charge < -0.3 is 65.1 Å². The number of amides is 1. The van der Waals surface area contributed by atoms with E-state index in [0.717, 1.165) is 89.9 Å². The summed E-state index contributed by atoms with van der Waals surface area (Å²) in [5, 5.41) is 87.7. The Bertz CT molecular complexity index is 2150. The van der Waals surface area contributed by atoms with Gasteiger partial charge in [0.1, 0.15) is 48.8 Å². The highest BCUT2D eigenvalue weighted by Gasteiger charge is 2.51. The Morgan fingerprint density at radius 1 is 0.370 bits per heavy atom. The minimum atomic E-state index is -1.80. The van der Waals surface area contributed by atoms with Crippen LogP contribution in [0.25, 0.3) is 0 Å². The largest absolute Gasteiger partial charge is 0.394 e. The summed E-state index contributed by atoms with van der Waals surface area (Å²) in [4.78, 5) is 13.4. The van der Waals surface area contributed by atoms with E-state index in [1.165, 1.54) is 199 Å². The van der Waals surface area contributed by atoms with E-state index in [2.05, 4.69) is 129 Å². The lowest BCUT2D eigenvalue weighted by Gasteiger charge is -2.46. The van der Waals surface area contributed by atoms with Crippen molar-refractivity contribution in [2.45, 2.75) is 396 Å². The van der Waals surface area contributed by atoms with Crippen molar-refractivity contribution in [2.24, 2.45) is 0 Å². The van der Waals surface area contributed by atoms with Gasteiger partial charge >= 0.3 is 0 Å². The molecule has 2 saturated heterocycles. The molecule has 0 spiro atoms. The SMILES string of the molecule is CC/C=C\C/C=C\C/C=C\C/C=C\C/C=C\C/C=C\C/C=C\C/C=C\CCCCCCCCCCCCC(=O)NC(COC1OC(CO)C(OC2OC(CO)C(O)C(O)C2O)C(O)C1O)C(O)/C=C/CC/C=C/CCCCCCCCCCCCCCCCCCCCCCCCCCC. The van der Waals surface area contributed by atoms with E-state index in [9.17, 15) is 45.6 Å².